The lowest BCUT2D eigenvalue weighted by Gasteiger charge is -2.22. The quantitative estimate of drug-likeness (QED) is 0.566. The maximum Gasteiger partial charge on any atom is 0.387 e. The number of hydrogen-bond donors (Lipinski definition) is 3. The maximum absolute atomic E-state index is 12.8. The minimum Gasteiger partial charge on any atom is -0.467 e. The lowest BCUT2D eigenvalue weighted by molar-refractivity contribution is -0.134. The molecule has 3 N–H and O–H groups in total. The van der Waals surface area contributed by atoms with Crippen LogP contribution in [0.15, 0.2) is 47.1 Å². The predicted octanol–water partition coefficient (Wildman–Crippen LogP) is 1.67. The third kappa shape index (κ3) is 4.97. The molecular formula is C19H18F2N4O6. The molecule has 1 aliphatic rings. The fraction of sp³-hybridized carbons (Fsp3) is 0.263. The Labute approximate surface area is 174 Å². The minimum atomic E-state index is -3.00. The summed E-state index contributed by atoms with van der Waals surface area (Å²) in [5, 5.41) is 6.87. The molecule has 2 heterocycles. The summed E-state index contributed by atoms with van der Waals surface area (Å²) in [7, 11) is 0. The van der Waals surface area contributed by atoms with E-state index < -0.39 is 42.6 Å². The van der Waals surface area contributed by atoms with Crippen LogP contribution in [0, 0.1) is 0 Å². The summed E-state index contributed by atoms with van der Waals surface area (Å²) in [5.74, 6) is -1.27. The molecular weight excluding hydrogens is 418 g/mol. The van der Waals surface area contributed by atoms with E-state index in [4.69, 9.17) is 4.42 Å². The highest BCUT2D eigenvalue weighted by molar-refractivity contribution is 6.10. The first-order valence-electron chi connectivity index (χ1n) is 8.98. The number of nitrogens with zero attached hydrogens (tertiary/aromatic N) is 1. The van der Waals surface area contributed by atoms with Gasteiger partial charge in [0, 0.05) is 0 Å². The third-order valence-corrected chi connectivity index (χ3v) is 4.49. The zero-order valence-electron chi connectivity index (χ0n) is 16.2. The van der Waals surface area contributed by atoms with E-state index in [0.29, 0.717) is 16.2 Å². The van der Waals surface area contributed by atoms with Gasteiger partial charge in [-0.3, -0.25) is 19.8 Å². The van der Waals surface area contributed by atoms with Gasteiger partial charge in [0.1, 0.15) is 23.6 Å². The van der Waals surface area contributed by atoms with Gasteiger partial charge in [-0.05, 0) is 36.8 Å². The molecule has 0 aliphatic carbocycles. The van der Waals surface area contributed by atoms with Gasteiger partial charge in [-0.2, -0.15) is 8.78 Å². The number of benzene rings is 1. The Morgan fingerprint density at radius 3 is 2.55 bits per heavy atom. The first kappa shape index (κ1) is 21.7. The second-order valence-electron chi connectivity index (χ2n) is 6.66. The Morgan fingerprint density at radius 1 is 1.23 bits per heavy atom. The zero-order chi connectivity index (χ0) is 22.6. The van der Waals surface area contributed by atoms with Gasteiger partial charge in [0.15, 0.2) is 0 Å². The molecule has 1 aliphatic heterocycles. The molecule has 1 saturated heterocycles. The molecule has 164 valence electrons. The average Bonchev–Trinajstić information content (AvgIpc) is 3.30. The Bertz CT molecular complexity index is 980. The number of rotatable bonds is 7. The molecule has 1 fully saturated rings. The van der Waals surface area contributed by atoms with E-state index in [2.05, 4.69) is 15.4 Å². The predicted molar refractivity (Wildman–Crippen MR) is 99.8 cm³/mol. The van der Waals surface area contributed by atoms with Crippen LogP contribution in [0.25, 0.3) is 0 Å². The van der Waals surface area contributed by atoms with E-state index in [1.807, 2.05) is 5.32 Å². The first-order chi connectivity index (χ1) is 14.7. The van der Waals surface area contributed by atoms with Crippen molar-refractivity contribution in [3.8, 4) is 5.75 Å². The highest BCUT2D eigenvalue weighted by atomic mass is 19.3. The minimum absolute atomic E-state index is 0.0403. The monoisotopic (exact) mass is 436 g/mol. The molecule has 12 heteroatoms. The van der Waals surface area contributed by atoms with Gasteiger partial charge in [-0.25, -0.2) is 9.59 Å². The van der Waals surface area contributed by atoms with Crippen molar-refractivity contribution >= 4 is 23.9 Å². The summed E-state index contributed by atoms with van der Waals surface area (Å²) >= 11 is 0. The maximum atomic E-state index is 12.8. The molecule has 1 aromatic heterocycles. The van der Waals surface area contributed by atoms with Gasteiger partial charge in [0.05, 0.1) is 12.8 Å². The van der Waals surface area contributed by atoms with Crippen LogP contribution in [-0.2, 0) is 21.7 Å². The Balaban J connectivity index is 1.60. The summed E-state index contributed by atoms with van der Waals surface area (Å²) < 4.78 is 33.9. The molecule has 0 unspecified atom stereocenters. The summed E-state index contributed by atoms with van der Waals surface area (Å²) in [4.78, 5) is 49.6. The van der Waals surface area contributed by atoms with E-state index in [1.165, 1.54) is 37.5 Å². The van der Waals surface area contributed by atoms with Crippen LogP contribution >= 0.6 is 0 Å². The van der Waals surface area contributed by atoms with Crippen LogP contribution in [0.5, 0.6) is 5.75 Å². The van der Waals surface area contributed by atoms with Crippen LogP contribution in [0.4, 0.5) is 18.4 Å². The Kier molecular flexibility index (Phi) is 6.18. The topological polar surface area (TPSA) is 130 Å². The van der Waals surface area contributed by atoms with Gasteiger partial charge >= 0.3 is 18.7 Å². The second kappa shape index (κ2) is 8.81. The molecule has 1 atom stereocenters. The molecule has 3 rings (SSSR count). The lowest BCUT2D eigenvalue weighted by Crippen LogP contribution is -2.46. The standard InChI is InChI=1S/C19H18F2N4O6/c1-19(11-4-6-12(7-5-11)31-16(20)21)15(27)25(18(29)24-19)10-14(26)23-17(28)22-9-13-3-2-8-30-13/h2-8,16H,9-10H2,1H3,(H,24,29)(H2,22,23,26,28)/t19-/m0/s1. The highest BCUT2D eigenvalue weighted by Crippen LogP contribution is 2.30. The third-order valence-electron chi connectivity index (χ3n) is 4.49. The van der Waals surface area contributed by atoms with Crippen molar-refractivity contribution in [2.24, 2.45) is 0 Å². The van der Waals surface area contributed by atoms with E-state index >= 15 is 0 Å². The first-order valence-corrected chi connectivity index (χ1v) is 8.98. The van der Waals surface area contributed by atoms with Crippen LogP contribution in [0.2, 0.25) is 0 Å². The van der Waals surface area contributed by atoms with Crippen molar-refractivity contribution in [1.29, 1.82) is 0 Å². The van der Waals surface area contributed by atoms with Crippen molar-refractivity contribution < 1.29 is 37.1 Å². The van der Waals surface area contributed by atoms with Gasteiger partial charge in [-0.1, -0.05) is 12.1 Å². The highest BCUT2D eigenvalue weighted by Gasteiger charge is 2.49. The number of furan rings is 1. The number of imide groups is 2. The lowest BCUT2D eigenvalue weighted by atomic mass is 9.92. The molecule has 10 nitrogen and oxygen atoms in total. The number of urea groups is 2. The van der Waals surface area contributed by atoms with Crippen molar-refractivity contribution in [3.63, 3.8) is 0 Å². The van der Waals surface area contributed by atoms with Crippen molar-refractivity contribution in [3.05, 3.63) is 54.0 Å². The number of carbonyl (C=O) groups excluding carboxylic acids is 4. The second-order valence-corrected chi connectivity index (χ2v) is 6.66. The summed E-state index contributed by atoms with van der Waals surface area (Å²) in [6.07, 6.45) is 1.42. The zero-order valence-corrected chi connectivity index (χ0v) is 16.2. The van der Waals surface area contributed by atoms with Crippen LogP contribution < -0.4 is 20.7 Å². The summed E-state index contributed by atoms with van der Waals surface area (Å²) in [6, 6.07) is 6.74. The smallest absolute Gasteiger partial charge is 0.387 e. The molecule has 1 aromatic carbocycles. The molecule has 6 amide bonds. The van der Waals surface area contributed by atoms with Gasteiger partial charge < -0.3 is 19.8 Å². The number of carbonyl (C=O) groups is 4. The normalized spacial score (nSPS) is 18.1. The molecule has 0 radical (unpaired) electrons. The van der Waals surface area contributed by atoms with Crippen molar-refractivity contribution in [1.82, 2.24) is 20.9 Å². The van der Waals surface area contributed by atoms with Crippen LogP contribution in [0.1, 0.15) is 18.2 Å². The fourth-order valence-corrected chi connectivity index (χ4v) is 2.94. The van der Waals surface area contributed by atoms with Gasteiger partial charge in [-0.15, -0.1) is 0 Å². The van der Waals surface area contributed by atoms with Crippen LogP contribution in [0.3, 0.4) is 0 Å². The summed E-state index contributed by atoms with van der Waals surface area (Å²) in [5.41, 5.74) is -1.23. The van der Waals surface area contributed by atoms with E-state index in [0.717, 1.165) is 0 Å². The molecule has 0 spiro atoms. The van der Waals surface area contributed by atoms with Gasteiger partial charge in [0.2, 0.25) is 5.91 Å². The molecule has 2 aromatic rings. The Morgan fingerprint density at radius 2 is 1.94 bits per heavy atom. The molecule has 31 heavy (non-hydrogen) atoms. The molecule has 0 saturated carbocycles. The van der Waals surface area contributed by atoms with Crippen molar-refractivity contribution in [2.75, 3.05) is 6.54 Å². The van der Waals surface area contributed by atoms with E-state index in [1.54, 1.807) is 12.1 Å². The SMILES string of the molecule is C[C@@]1(c2ccc(OC(F)F)cc2)NC(=O)N(CC(=O)NC(=O)NCc2ccco2)C1=O. The van der Waals surface area contributed by atoms with Gasteiger partial charge in [0.25, 0.3) is 5.91 Å². The number of amides is 6. The number of ether oxygens (including phenoxy) is 1. The van der Waals surface area contributed by atoms with Crippen molar-refractivity contribution in [2.45, 2.75) is 25.6 Å². The molecule has 0 bridgehead atoms. The van der Waals surface area contributed by atoms with E-state index in [-0.39, 0.29) is 12.3 Å². The fourth-order valence-electron chi connectivity index (χ4n) is 2.94. The number of hydrogen-bond acceptors (Lipinski definition) is 6. The number of nitrogens with one attached hydrogen (secondary N) is 3. The number of halogens is 2. The van der Waals surface area contributed by atoms with E-state index in [9.17, 15) is 28.0 Å². The average molecular weight is 436 g/mol. The Hall–Kier alpha value is -3.96. The van der Waals surface area contributed by atoms with Crippen LogP contribution in [-0.4, -0.2) is 41.9 Å². The summed E-state index contributed by atoms with van der Waals surface area (Å²) in [6.45, 7) is -2.25. The largest absolute Gasteiger partial charge is 0.467 e. The number of alkyl halides is 2.